The fourth-order valence-corrected chi connectivity index (χ4v) is 4.12. The molecule has 1 aliphatic carbocycles. The summed E-state index contributed by atoms with van der Waals surface area (Å²) in [5.74, 6) is 0.399. The van der Waals surface area contributed by atoms with Gasteiger partial charge in [-0.2, -0.15) is 0 Å². The van der Waals surface area contributed by atoms with E-state index >= 15 is 0 Å². The third kappa shape index (κ3) is 3.14. The van der Waals surface area contributed by atoms with Crippen LogP contribution in [0.3, 0.4) is 0 Å². The number of Topliss-reactive ketones (excluding diaryl/α,β-unsaturated/α-hetero) is 1. The molecule has 2 rings (SSSR count). The number of carbonyl (C=O) groups is 1. The lowest BCUT2D eigenvalue weighted by molar-refractivity contribution is 0.101. The maximum Gasteiger partial charge on any atom is 0.161 e. The Kier molecular flexibility index (Phi) is 4.44. The van der Waals surface area contributed by atoms with Crippen molar-refractivity contribution in [3.8, 4) is 0 Å². The predicted molar refractivity (Wildman–Crippen MR) is 73.7 cm³/mol. The average molecular weight is 266 g/mol. The van der Waals surface area contributed by atoms with Crippen molar-refractivity contribution in [3.63, 3.8) is 0 Å². The first-order chi connectivity index (χ1) is 8.58. The molecular formula is C15H19FOS. The molecule has 1 fully saturated rings. The Labute approximate surface area is 112 Å². The Morgan fingerprint density at radius 1 is 1.39 bits per heavy atom. The molecule has 1 saturated carbocycles. The van der Waals surface area contributed by atoms with Crippen LogP contribution in [0, 0.1) is 11.7 Å². The van der Waals surface area contributed by atoms with Crippen molar-refractivity contribution in [2.75, 3.05) is 0 Å². The van der Waals surface area contributed by atoms with Crippen LogP contribution in [0.25, 0.3) is 0 Å². The molecule has 2 unspecified atom stereocenters. The first kappa shape index (κ1) is 13.6. The van der Waals surface area contributed by atoms with E-state index in [1.807, 2.05) is 0 Å². The number of ketones is 1. The summed E-state index contributed by atoms with van der Waals surface area (Å²) in [5.41, 5.74) is 0.526. The molecule has 1 nitrogen and oxygen atoms in total. The van der Waals surface area contributed by atoms with Crippen molar-refractivity contribution in [1.29, 1.82) is 0 Å². The summed E-state index contributed by atoms with van der Waals surface area (Å²) in [7, 11) is 0. The monoisotopic (exact) mass is 266 g/mol. The van der Waals surface area contributed by atoms with Crippen LogP contribution in [0.1, 0.15) is 49.9 Å². The lowest BCUT2D eigenvalue weighted by atomic mass is 9.91. The van der Waals surface area contributed by atoms with Gasteiger partial charge in [-0.3, -0.25) is 4.79 Å². The second-order valence-electron chi connectivity index (χ2n) is 5.18. The number of hydrogen-bond acceptors (Lipinski definition) is 2. The summed E-state index contributed by atoms with van der Waals surface area (Å²) >= 11 is 1.55. The van der Waals surface area contributed by atoms with E-state index in [-0.39, 0.29) is 11.6 Å². The SMILES string of the molecule is CC(=O)c1cccc(F)c1SC1CCCC(C)C1. The van der Waals surface area contributed by atoms with Crippen molar-refractivity contribution in [3.05, 3.63) is 29.6 Å². The lowest BCUT2D eigenvalue weighted by Gasteiger charge is -2.26. The van der Waals surface area contributed by atoms with Crippen LogP contribution >= 0.6 is 11.8 Å². The lowest BCUT2D eigenvalue weighted by Crippen LogP contribution is -2.15. The largest absolute Gasteiger partial charge is 0.294 e. The van der Waals surface area contributed by atoms with Gasteiger partial charge in [0.1, 0.15) is 5.82 Å². The van der Waals surface area contributed by atoms with E-state index in [2.05, 4.69) is 6.92 Å². The zero-order valence-corrected chi connectivity index (χ0v) is 11.7. The molecule has 2 atom stereocenters. The fraction of sp³-hybridized carbons (Fsp3) is 0.533. The van der Waals surface area contributed by atoms with Crippen molar-refractivity contribution in [2.45, 2.75) is 49.7 Å². The highest BCUT2D eigenvalue weighted by Gasteiger charge is 2.23. The molecule has 0 aromatic heterocycles. The van der Waals surface area contributed by atoms with Gasteiger partial charge >= 0.3 is 0 Å². The van der Waals surface area contributed by atoms with Crippen molar-refractivity contribution in [2.24, 2.45) is 5.92 Å². The predicted octanol–water partition coefficient (Wildman–Crippen LogP) is 4.70. The quantitative estimate of drug-likeness (QED) is 0.738. The Morgan fingerprint density at radius 2 is 2.17 bits per heavy atom. The highest BCUT2D eigenvalue weighted by atomic mass is 32.2. The van der Waals surface area contributed by atoms with E-state index in [1.54, 1.807) is 23.9 Å². The van der Waals surface area contributed by atoms with Gasteiger partial charge in [0.2, 0.25) is 0 Å². The third-order valence-electron chi connectivity index (χ3n) is 3.52. The first-order valence-corrected chi connectivity index (χ1v) is 7.42. The molecule has 0 spiro atoms. The summed E-state index contributed by atoms with van der Waals surface area (Å²) in [6.45, 7) is 3.75. The number of rotatable bonds is 3. The zero-order valence-electron chi connectivity index (χ0n) is 10.9. The molecule has 3 heteroatoms. The summed E-state index contributed by atoms with van der Waals surface area (Å²) < 4.78 is 13.9. The van der Waals surface area contributed by atoms with Crippen molar-refractivity contribution >= 4 is 17.5 Å². The second-order valence-corrected chi connectivity index (χ2v) is 6.49. The summed E-state index contributed by atoms with van der Waals surface area (Å²) in [6.07, 6.45) is 4.73. The van der Waals surface area contributed by atoms with E-state index in [9.17, 15) is 9.18 Å². The molecule has 0 bridgehead atoms. The molecule has 0 radical (unpaired) electrons. The van der Waals surface area contributed by atoms with E-state index in [0.717, 1.165) is 12.8 Å². The smallest absolute Gasteiger partial charge is 0.161 e. The molecule has 0 heterocycles. The van der Waals surface area contributed by atoms with Crippen LogP contribution in [-0.2, 0) is 0 Å². The van der Waals surface area contributed by atoms with Gasteiger partial charge in [-0.05, 0) is 31.7 Å². The topological polar surface area (TPSA) is 17.1 Å². The number of halogens is 1. The Morgan fingerprint density at radius 3 is 2.83 bits per heavy atom. The van der Waals surface area contributed by atoms with Gasteiger partial charge in [0, 0.05) is 10.8 Å². The van der Waals surface area contributed by atoms with E-state index in [1.165, 1.54) is 25.8 Å². The van der Waals surface area contributed by atoms with Gasteiger partial charge in [-0.1, -0.05) is 31.9 Å². The highest BCUT2D eigenvalue weighted by Crippen LogP contribution is 2.38. The van der Waals surface area contributed by atoms with Gasteiger partial charge in [0.25, 0.3) is 0 Å². The molecule has 98 valence electrons. The molecule has 0 N–H and O–H groups in total. The minimum atomic E-state index is -0.258. The number of hydrogen-bond donors (Lipinski definition) is 0. The van der Waals surface area contributed by atoms with Gasteiger partial charge in [0.05, 0.1) is 4.90 Å². The summed E-state index contributed by atoms with van der Waals surface area (Å²) in [5, 5.41) is 0.448. The van der Waals surface area contributed by atoms with Crippen molar-refractivity contribution < 1.29 is 9.18 Å². The van der Waals surface area contributed by atoms with Gasteiger partial charge < -0.3 is 0 Å². The minimum Gasteiger partial charge on any atom is -0.294 e. The van der Waals surface area contributed by atoms with E-state index in [4.69, 9.17) is 0 Å². The van der Waals surface area contributed by atoms with Crippen LogP contribution in [0.4, 0.5) is 4.39 Å². The van der Waals surface area contributed by atoms with Crippen LogP contribution in [0.5, 0.6) is 0 Å². The molecule has 1 aromatic carbocycles. The highest BCUT2D eigenvalue weighted by molar-refractivity contribution is 8.00. The normalized spacial score (nSPS) is 23.9. The van der Waals surface area contributed by atoms with Crippen molar-refractivity contribution in [1.82, 2.24) is 0 Å². The molecular weight excluding hydrogens is 247 g/mol. The van der Waals surface area contributed by atoms with Crippen LogP contribution < -0.4 is 0 Å². The number of carbonyl (C=O) groups excluding carboxylic acids is 1. The first-order valence-electron chi connectivity index (χ1n) is 6.54. The number of benzene rings is 1. The molecule has 1 aromatic rings. The Bertz CT molecular complexity index is 444. The second kappa shape index (κ2) is 5.87. The van der Waals surface area contributed by atoms with Crippen LogP contribution in [0.15, 0.2) is 23.1 Å². The van der Waals surface area contributed by atoms with Crippen LogP contribution in [0.2, 0.25) is 0 Å². The molecule has 0 amide bonds. The van der Waals surface area contributed by atoms with E-state index in [0.29, 0.717) is 21.6 Å². The number of thioether (sulfide) groups is 1. The summed E-state index contributed by atoms with van der Waals surface area (Å²) in [6, 6.07) is 4.78. The minimum absolute atomic E-state index is 0.0548. The van der Waals surface area contributed by atoms with Crippen LogP contribution in [-0.4, -0.2) is 11.0 Å². The molecule has 0 aliphatic heterocycles. The maximum atomic E-state index is 13.9. The van der Waals surface area contributed by atoms with Gasteiger partial charge in [-0.15, -0.1) is 11.8 Å². The molecule has 0 saturated heterocycles. The Balaban J connectivity index is 2.20. The van der Waals surface area contributed by atoms with Gasteiger partial charge in [-0.25, -0.2) is 4.39 Å². The fourth-order valence-electron chi connectivity index (χ4n) is 2.56. The Hall–Kier alpha value is -0.830. The summed E-state index contributed by atoms with van der Waals surface area (Å²) in [4.78, 5) is 12.1. The molecule has 1 aliphatic rings. The maximum absolute atomic E-state index is 13.9. The van der Waals surface area contributed by atoms with Gasteiger partial charge in [0.15, 0.2) is 5.78 Å². The van der Waals surface area contributed by atoms with E-state index < -0.39 is 0 Å². The average Bonchev–Trinajstić information content (AvgIpc) is 2.31. The molecule has 18 heavy (non-hydrogen) atoms. The standard InChI is InChI=1S/C15H19FOS/c1-10-5-3-6-12(9-10)18-15-13(11(2)17)7-4-8-14(15)16/h4,7-8,10,12H,3,5-6,9H2,1-2H3. The third-order valence-corrected chi connectivity index (χ3v) is 4.93. The zero-order chi connectivity index (χ0) is 13.1.